The molecule has 0 fully saturated rings. The van der Waals surface area contributed by atoms with Gasteiger partial charge in [-0.2, -0.15) is 0 Å². The third-order valence-corrected chi connectivity index (χ3v) is 2.86. The van der Waals surface area contributed by atoms with Crippen LogP contribution in [0.1, 0.15) is 11.3 Å². The van der Waals surface area contributed by atoms with Crippen molar-refractivity contribution in [1.29, 1.82) is 0 Å². The molecule has 0 saturated heterocycles. The van der Waals surface area contributed by atoms with Crippen molar-refractivity contribution in [3.8, 4) is 0 Å². The summed E-state index contributed by atoms with van der Waals surface area (Å²) in [4.78, 5) is 4.46. The molecule has 16 heavy (non-hydrogen) atoms. The molecular formula is C11H13Cl2N3. The molecule has 2 aromatic rings. The number of benzene rings is 1. The van der Waals surface area contributed by atoms with Crippen molar-refractivity contribution in [3.63, 3.8) is 0 Å². The molecule has 0 bridgehead atoms. The van der Waals surface area contributed by atoms with Gasteiger partial charge < -0.3 is 5.43 Å². The van der Waals surface area contributed by atoms with Gasteiger partial charge in [0, 0.05) is 16.1 Å². The van der Waals surface area contributed by atoms with E-state index in [1.807, 2.05) is 32.0 Å². The summed E-state index contributed by atoms with van der Waals surface area (Å²) in [5.74, 6) is 5.46. The highest BCUT2D eigenvalue weighted by molar-refractivity contribution is 6.32. The topological polar surface area (TPSA) is 50.9 Å². The first-order valence-corrected chi connectivity index (χ1v) is 5.04. The van der Waals surface area contributed by atoms with Crippen LogP contribution in [-0.2, 0) is 0 Å². The molecule has 1 aromatic carbocycles. The van der Waals surface area contributed by atoms with Gasteiger partial charge >= 0.3 is 0 Å². The van der Waals surface area contributed by atoms with Gasteiger partial charge in [-0.1, -0.05) is 11.6 Å². The Hall–Kier alpha value is -1.03. The Kier molecular flexibility index (Phi) is 3.97. The fourth-order valence-corrected chi connectivity index (χ4v) is 1.80. The number of hydrazine groups is 1. The number of aromatic nitrogens is 1. The minimum Gasteiger partial charge on any atom is -0.323 e. The van der Waals surface area contributed by atoms with E-state index in [9.17, 15) is 0 Å². The number of fused-ring (bicyclic) bond motifs is 1. The molecule has 2 rings (SSSR count). The summed E-state index contributed by atoms with van der Waals surface area (Å²) >= 11 is 6.04. The lowest BCUT2D eigenvalue weighted by atomic mass is 10.1. The fourth-order valence-electron chi connectivity index (χ4n) is 1.65. The maximum absolute atomic E-state index is 6.04. The first-order valence-electron chi connectivity index (χ1n) is 4.66. The van der Waals surface area contributed by atoms with Crippen molar-refractivity contribution in [3.05, 3.63) is 34.5 Å². The Labute approximate surface area is 105 Å². The average molecular weight is 258 g/mol. The summed E-state index contributed by atoms with van der Waals surface area (Å²) in [6.07, 6.45) is 0. The normalized spacial score (nSPS) is 10.0. The average Bonchev–Trinajstić information content (AvgIpc) is 2.23. The number of nitrogens with two attached hydrogens (primary N) is 1. The number of aryl methyl sites for hydroxylation is 2. The highest BCUT2D eigenvalue weighted by Gasteiger charge is 2.07. The molecule has 0 amide bonds. The van der Waals surface area contributed by atoms with Crippen LogP contribution in [0.4, 0.5) is 5.69 Å². The summed E-state index contributed by atoms with van der Waals surface area (Å²) in [6.45, 7) is 3.89. The van der Waals surface area contributed by atoms with E-state index in [1.54, 1.807) is 0 Å². The van der Waals surface area contributed by atoms with Gasteiger partial charge in [-0.3, -0.25) is 10.8 Å². The van der Waals surface area contributed by atoms with Crippen LogP contribution in [0.5, 0.6) is 0 Å². The Balaban J connectivity index is 0.00000128. The summed E-state index contributed by atoms with van der Waals surface area (Å²) < 4.78 is 0. The van der Waals surface area contributed by atoms with Gasteiger partial charge in [-0.15, -0.1) is 12.4 Å². The Morgan fingerprint density at radius 1 is 1.31 bits per heavy atom. The predicted molar refractivity (Wildman–Crippen MR) is 71.3 cm³/mol. The molecular weight excluding hydrogens is 245 g/mol. The highest BCUT2D eigenvalue weighted by Crippen LogP contribution is 2.28. The van der Waals surface area contributed by atoms with Crippen molar-refractivity contribution >= 4 is 40.6 Å². The minimum atomic E-state index is 0. The lowest BCUT2D eigenvalue weighted by Crippen LogP contribution is -2.08. The van der Waals surface area contributed by atoms with Crippen molar-refractivity contribution < 1.29 is 0 Å². The molecule has 0 spiro atoms. The minimum absolute atomic E-state index is 0. The van der Waals surface area contributed by atoms with Gasteiger partial charge in [-0.25, -0.2) is 0 Å². The van der Waals surface area contributed by atoms with Crippen molar-refractivity contribution in [2.75, 3.05) is 5.43 Å². The third kappa shape index (κ3) is 2.07. The Morgan fingerprint density at radius 3 is 2.62 bits per heavy atom. The first-order chi connectivity index (χ1) is 7.13. The third-order valence-electron chi connectivity index (χ3n) is 2.45. The maximum atomic E-state index is 6.04. The molecule has 0 atom stereocenters. The van der Waals surface area contributed by atoms with Gasteiger partial charge in [0.05, 0.1) is 11.2 Å². The molecule has 0 aliphatic carbocycles. The second kappa shape index (κ2) is 4.87. The molecule has 3 nitrogen and oxygen atoms in total. The van der Waals surface area contributed by atoms with E-state index in [-0.39, 0.29) is 12.4 Å². The maximum Gasteiger partial charge on any atom is 0.0770 e. The number of nitrogen functional groups attached to an aromatic ring is 1. The highest BCUT2D eigenvalue weighted by atomic mass is 35.5. The zero-order valence-corrected chi connectivity index (χ0v) is 10.6. The first kappa shape index (κ1) is 13.0. The number of nitrogens with one attached hydrogen (secondary N) is 1. The van der Waals surface area contributed by atoms with E-state index in [1.165, 1.54) is 0 Å². The number of nitrogens with zero attached hydrogens (tertiary/aromatic N) is 1. The van der Waals surface area contributed by atoms with E-state index < -0.39 is 0 Å². The molecule has 3 N–H and O–H groups in total. The summed E-state index contributed by atoms with van der Waals surface area (Å²) in [7, 11) is 0. The van der Waals surface area contributed by atoms with E-state index in [0.717, 1.165) is 32.9 Å². The van der Waals surface area contributed by atoms with Gasteiger partial charge in [0.1, 0.15) is 0 Å². The zero-order valence-electron chi connectivity index (χ0n) is 9.04. The van der Waals surface area contributed by atoms with Gasteiger partial charge in [0.15, 0.2) is 0 Å². The second-order valence-electron chi connectivity index (χ2n) is 3.52. The largest absolute Gasteiger partial charge is 0.323 e. The van der Waals surface area contributed by atoms with Crippen LogP contribution >= 0.6 is 24.0 Å². The molecule has 1 aromatic heterocycles. The molecule has 5 heteroatoms. The van der Waals surface area contributed by atoms with E-state index in [2.05, 4.69) is 10.4 Å². The summed E-state index contributed by atoms with van der Waals surface area (Å²) in [5, 5.41) is 1.72. The van der Waals surface area contributed by atoms with Crippen LogP contribution in [0.3, 0.4) is 0 Å². The molecule has 0 aliphatic heterocycles. The number of anilines is 1. The van der Waals surface area contributed by atoms with E-state index >= 15 is 0 Å². The number of rotatable bonds is 1. The SMILES string of the molecule is Cc1cc(NN)c2ccc(Cl)c(C)c2n1.Cl. The quantitative estimate of drug-likeness (QED) is 0.610. The Bertz CT molecular complexity index is 526. The Morgan fingerprint density at radius 2 is 2.00 bits per heavy atom. The molecule has 0 saturated carbocycles. The standard InChI is InChI=1S/C11H12ClN3.ClH/c1-6-5-10(15-13)8-3-4-9(12)7(2)11(8)14-6;/h3-5H,13H2,1-2H3,(H,14,15);1H. The number of pyridine rings is 1. The second-order valence-corrected chi connectivity index (χ2v) is 3.93. The van der Waals surface area contributed by atoms with E-state index in [4.69, 9.17) is 17.4 Å². The van der Waals surface area contributed by atoms with Crippen molar-refractivity contribution in [2.24, 2.45) is 5.84 Å². The lowest BCUT2D eigenvalue weighted by molar-refractivity contribution is 1.23. The van der Waals surface area contributed by atoms with Gasteiger partial charge in [0.25, 0.3) is 0 Å². The lowest BCUT2D eigenvalue weighted by Gasteiger charge is -2.09. The van der Waals surface area contributed by atoms with Gasteiger partial charge in [0.2, 0.25) is 0 Å². The summed E-state index contributed by atoms with van der Waals surface area (Å²) in [6, 6.07) is 5.69. The molecule has 1 heterocycles. The predicted octanol–water partition coefficient (Wildman–Crippen LogP) is 3.21. The van der Waals surface area contributed by atoms with Crippen LogP contribution in [0, 0.1) is 13.8 Å². The van der Waals surface area contributed by atoms with Gasteiger partial charge in [-0.05, 0) is 37.6 Å². The molecule has 0 aliphatic rings. The summed E-state index contributed by atoms with van der Waals surface area (Å²) in [5.41, 5.74) is 6.34. The fraction of sp³-hybridized carbons (Fsp3) is 0.182. The molecule has 0 unspecified atom stereocenters. The van der Waals surface area contributed by atoms with Crippen LogP contribution < -0.4 is 11.3 Å². The number of hydrogen-bond donors (Lipinski definition) is 2. The number of hydrogen-bond acceptors (Lipinski definition) is 3. The van der Waals surface area contributed by atoms with Crippen LogP contribution in [-0.4, -0.2) is 4.98 Å². The molecule has 86 valence electrons. The molecule has 0 radical (unpaired) electrons. The zero-order chi connectivity index (χ0) is 11.0. The number of halogens is 2. The van der Waals surface area contributed by atoms with Crippen molar-refractivity contribution in [2.45, 2.75) is 13.8 Å². The smallest absolute Gasteiger partial charge is 0.0770 e. The monoisotopic (exact) mass is 257 g/mol. The van der Waals surface area contributed by atoms with Crippen LogP contribution in [0.2, 0.25) is 5.02 Å². The van der Waals surface area contributed by atoms with Crippen LogP contribution in [0.25, 0.3) is 10.9 Å². The van der Waals surface area contributed by atoms with Crippen LogP contribution in [0.15, 0.2) is 18.2 Å². The van der Waals surface area contributed by atoms with E-state index in [0.29, 0.717) is 0 Å². The van der Waals surface area contributed by atoms with Crippen molar-refractivity contribution in [1.82, 2.24) is 4.98 Å².